The minimum atomic E-state index is -0.959. The molecule has 0 aliphatic carbocycles. The summed E-state index contributed by atoms with van der Waals surface area (Å²) in [6.07, 6.45) is 0.732. The fraction of sp³-hybridized carbons (Fsp3) is 0.344. The first-order valence-electron chi connectivity index (χ1n) is 13.5. The van der Waals surface area contributed by atoms with Gasteiger partial charge in [-0.15, -0.1) is 0 Å². The van der Waals surface area contributed by atoms with Crippen LogP contribution in [0.2, 0.25) is 0 Å². The zero-order valence-electron chi connectivity index (χ0n) is 23.6. The number of carbonyl (C=O) groups excluding carboxylic acids is 3. The van der Waals surface area contributed by atoms with Crippen LogP contribution in [-0.4, -0.2) is 34.4 Å². The average Bonchev–Trinajstić information content (AvgIpc) is 3.01. The molecule has 0 saturated carbocycles. The van der Waals surface area contributed by atoms with E-state index in [4.69, 9.17) is 0 Å². The fourth-order valence-corrected chi connectivity index (χ4v) is 5.24. The minimum absolute atomic E-state index is 0.228. The zero-order valence-corrected chi connectivity index (χ0v) is 23.6. The van der Waals surface area contributed by atoms with Gasteiger partial charge in [0.05, 0.1) is 6.04 Å². The van der Waals surface area contributed by atoms with Crippen LogP contribution in [0.25, 0.3) is 0 Å². The molecule has 1 fully saturated rings. The van der Waals surface area contributed by atoms with E-state index in [-0.39, 0.29) is 18.2 Å². The summed E-state index contributed by atoms with van der Waals surface area (Å²) in [5, 5.41) is 4.39. The first-order chi connectivity index (χ1) is 18.9. The van der Waals surface area contributed by atoms with Gasteiger partial charge in [0.2, 0.25) is 5.91 Å². The lowest BCUT2D eigenvalue weighted by molar-refractivity contribution is -0.144. The van der Waals surface area contributed by atoms with Gasteiger partial charge in [0, 0.05) is 18.2 Å². The van der Waals surface area contributed by atoms with E-state index in [2.05, 4.69) is 10.7 Å². The largest absolute Gasteiger partial charge is 0.333 e. The molecule has 0 radical (unpaired) electrons. The van der Waals surface area contributed by atoms with E-state index >= 15 is 0 Å². The van der Waals surface area contributed by atoms with Crippen molar-refractivity contribution in [1.82, 2.24) is 15.8 Å². The van der Waals surface area contributed by atoms with E-state index in [1.54, 1.807) is 18.2 Å². The van der Waals surface area contributed by atoms with Crippen molar-refractivity contribution >= 4 is 23.5 Å². The van der Waals surface area contributed by atoms with Crippen molar-refractivity contribution in [3.05, 3.63) is 101 Å². The molecule has 4 rings (SSSR count). The summed E-state index contributed by atoms with van der Waals surface area (Å²) in [6.45, 7) is 8.92. The Labute approximate surface area is 235 Å². The van der Waals surface area contributed by atoms with Gasteiger partial charge in [0.1, 0.15) is 11.9 Å². The van der Waals surface area contributed by atoms with Gasteiger partial charge in [-0.1, -0.05) is 54.6 Å². The second-order valence-electron chi connectivity index (χ2n) is 11.4. The van der Waals surface area contributed by atoms with Crippen molar-refractivity contribution in [1.29, 1.82) is 0 Å². The van der Waals surface area contributed by atoms with Crippen LogP contribution in [0, 0.1) is 12.7 Å². The Morgan fingerprint density at radius 2 is 1.60 bits per heavy atom. The fourth-order valence-electron chi connectivity index (χ4n) is 5.24. The van der Waals surface area contributed by atoms with E-state index in [9.17, 15) is 18.8 Å². The highest BCUT2D eigenvalue weighted by atomic mass is 19.1. The molecule has 0 bridgehead atoms. The Balaban J connectivity index is 1.90. The Bertz CT molecular complexity index is 1350. The van der Waals surface area contributed by atoms with Crippen LogP contribution in [0.3, 0.4) is 0 Å². The minimum Gasteiger partial charge on any atom is -0.333 e. The number of carbonyl (C=O) groups is 3. The van der Waals surface area contributed by atoms with Crippen molar-refractivity contribution in [3.8, 4) is 0 Å². The lowest BCUT2D eigenvalue weighted by atomic mass is 9.86. The summed E-state index contributed by atoms with van der Waals surface area (Å²) >= 11 is 0. The van der Waals surface area contributed by atoms with Crippen LogP contribution < -0.4 is 15.6 Å². The van der Waals surface area contributed by atoms with Gasteiger partial charge >= 0.3 is 6.03 Å². The number of amides is 4. The number of anilines is 1. The van der Waals surface area contributed by atoms with E-state index in [0.29, 0.717) is 12.1 Å². The van der Waals surface area contributed by atoms with Crippen LogP contribution in [0.1, 0.15) is 69.2 Å². The Kier molecular flexibility index (Phi) is 8.57. The third-order valence-electron chi connectivity index (χ3n) is 6.95. The highest BCUT2D eigenvalue weighted by Crippen LogP contribution is 2.40. The number of hydrogen-bond donors (Lipinski definition) is 2. The number of hydrazine groups is 1. The maximum atomic E-state index is 14.5. The number of aryl methyl sites for hydroxylation is 1. The number of benzene rings is 3. The highest BCUT2D eigenvalue weighted by Gasteiger charge is 2.44. The summed E-state index contributed by atoms with van der Waals surface area (Å²) < 4.78 is 13.9. The number of urea groups is 1. The molecule has 2 N–H and O–H groups in total. The molecule has 1 saturated heterocycles. The second kappa shape index (κ2) is 11.9. The molecule has 8 heteroatoms. The maximum Gasteiger partial charge on any atom is 0.323 e. The first-order valence-corrected chi connectivity index (χ1v) is 13.5. The van der Waals surface area contributed by atoms with Gasteiger partial charge in [-0.25, -0.2) is 14.2 Å². The lowest BCUT2D eigenvalue weighted by Gasteiger charge is -2.37. The molecule has 1 heterocycles. The van der Waals surface area contributed by atoms with Gasteiger partial charge in [-0.3, -0.25) is 19.9 Å². The lowest BCUT2D eigenvalue weighted by Crippen LogP contribution is -2.59. The van der Waals surface area contributed by atoms with Crippen LogP contribution in [0.4, 0.5) is 14.9 Å². The molecular formula is C32H37FN4O3. The van der Waals surface area contributed by atoms with Crippen LogP contribution >= 0.6 is 0 Å². The zero-order chi connectivity index (χ0) is 29.0. The van der Waals surface area contributed by atoms with Gasteiger partial charge in [-0.2, -0.15) is 0 Å². The van der Waals surface area contributed by atoms with Crippen molar-refractivity contribution in [2.75, 3.05) is 4.90 Å². The first kappa shape index (κ1) is 28.8. The summed E-state index contributed by atoms with van der Waals surface area (Å²) in [5.74, 6) is -1.38. The summed E-state index contributed by atoms with van der Waals surface area (Å²) in [5.41, 5.74) is 5.40. The third-order valence-corrected chi connectivity index (χ3v) is 6.95. The molecule has 3 atom stereocenters. The topological polar surface area (TPSA) is 81.8 Å². The van der Waals surface area contributed by atoms with Gasteiger partial charge < -0.3 is 5.32 Å². The number of nitrogens with one attached hydrogen (secondary N) is 2. The summed E-state index contributed by atoms with van der Waals surface area (Å²) in [7, 11) is 0. The van der Waals surface area contributed by atoms with Crippen molar-refractivity contribution in [3.63, 3.8) is 0 Å². The Morgan fingerprint density at radius 3 is 2.20 bits per heavy atom. The molecule has 7 nitrogen and oxygen atoms in total. The molecule has 210 valence electrons. The number of hydrogen-bond acceptors (Lipinski definition) is 3. The number of halogens is 1. The van der Waals surface area contributed by atoms with E-state index in [1.807, 2.05) is 76.2 Å². The molecular weight excluding hydrogens is 507 g/mol. The normalized spacial score (nSPS) is 19.5. The standard InChI is InChI=1S/C32H37FN4O3/c1-21-10-9-13-27(18-21)36(31(40)34-32(3,4)5)29-20-25(23-14-16-26(33)17-15-23)19-28(24-11-7-6-8-12-24)37(30(29)39)35-22(2)38/h6-18,25,28-29H,19-20H2,1-5H3,(H,34,40)(H,35,38). The van der Waals surface area contributed by atoms with E-state index in [1.165, 1.54) is 29.0 Å². The monoisotopic (exact) mass is 544 g/mol. The van der Waals surface area contributed by atoms with Crippen molar-refractivity contribution in [2.45, 2.75) is 71.0 Å². The van der Waals surface area contributed by atoms with Crippen LogP contribution in [-0.2, 0) is 9.59 Å². The second-order valence-corrected chi connectivity index (χ2v) is 11.4. The van der Waals surface area contributed by atoms with Gasteiger partial charge in [0.25, 0.3) is 5.91 Å². The van der Waals surface area contributed by atoms with Gasteiger partial charge in [0.15, 0.2) is 0 Å². The van der Waals surface area contributed by atoms with Crippen LogP contribution in [0.5, 0.6) is 0 Å². The average molecular weight is 545 g/mol. The van der Waals surface area contributed by atoms with Crippen LogP contribution in [0.15, 0.2) is 78.9 Å². The predicted molar refractivity (Wildman–Crippen MR) is 154 cm³/mol. The summed E-state index contributed by atoms with van der Waals surface area (Å²) in [6, 6.07) is 21.3. The predicted octanol–water partition coefficient (Wildman–Crippen LogP) is 6.02. The molecule has 3 aromatic rings. The maximum absolute atomic E-state index is 14.5. The van der Waals surface area contributed by atoms with Crippen molar-refractivity contribution in [2.24, 2.45) is 0 Å². The Hall–Kier alpha value is -4.20. The Morgan fingerprint density at radius 1 is 0.925 bits per heavy atom. The van der Waals surface area contributed by atoms with E-state index in [0.717, 1.165) is 16.7 Å². The number of rotatable bonds is 5. The van der Waals surface area contributed by atoms with Crippen molar-refractivity contribution < 1.29 is 18.8 Å². The molecule has 3 aromatic carbocycles. The van der Waals surface area contributed by atoms with E-state index < -0.39 is 35.5 Å². The van der Waals surface area contributed by atoms with Gasteiger partial charge in [-0.05, 0) is 87.4 Å². The molecule has 0 aromatic heterocycles. The smallest absolute Gasteiger partial charge is 0.323 e. The molecule has 1 aliphatic heterocycles. The SMILES string of the molecule is CC(=O)NN1C(=O)C(N(C(=O)NC(C)(C)C)c2cccc(C)c2)CC(c2ccc(F)cc2)CC1c1ccccc1. The molecule has 40 heavy (non-hydrogen) atoms. The number of nitrogens with zero attached hydrogens (tertiary/aromatic N) is 2. The highest BCUT2D eigenvalue weighted by molar-refractivity contribution is 6.01. The molecule has 0 spiro atoms. The third kappa shape index (κ3) is 6.86. The summed E-state index contributed by atoms with van der Waals surface area (Å²) in [4.78, 5) is 42.3. The molecule has 4 amide bonds. The molecule has 1 aliphatic rings. The quantitative estimate of drug-likeness (QED) is 0.412. The molecule has 3 unspecified atom stereocenters.